The van der Waals surface area contributed by atoms with Crippen LogP contribution in [0.2, 0.25) is 0 Å². The number of hydrogen-bond acceptors (Lipinski definition) is 10. The van der Waals surface area contributed by atoms with Crippen LogP contribution in [0.15, 0.2) is 42.5 Å². The fourth-order valence-corrected chi connectivity index (χ4v) is 3.98. The first-order chi connectivity index (χ1) is 18.6. The maximum Gasteiger partial charge on any atom is 0.341 e. The number of hydrogen-bond donors (Lipinski definition) is 2. The second kappa shape index (κ2) is 14.0. The number of aromatic nitrogens is 3. The van der Waals surface area contributed by atoms with E-state index in [1.807, 2.05) is 31.2 Å². The number of benzene rings is 2. The minimum Gasteiger partial charge on any atom is -0.494 e. The van der Waals surface area contributed by atoms with Crippen molar-refractivity contribution in [3.8, 4) is 17.5 Å². The summed E-state index contributed by atoms with van der Waals surface area (Å²) in [7, 11) is 1.35. The molecule has 0 radical (unpaired) electrons. The Kier molecular flexibility index (Phi) is 9.95. The zero-order valence-electron chi connectivity index (χ0n) is 22.0. The predicted molar refractivity (Wildman–Crippen MR) is 145 cm³/mol. The lowest BCUT2D eigenvalue weighted by Gasteiger charge is -2.14. The predicted octanol–water partition coefficient (Wildman–Crippen LogP) is 5.52. The van der Waals surface area contributed by atoms with Gasteiger partial charge in [0.1, 0.15) is 17.1 Å². The van der Waals surface area contributed by atoms with Gasteiger partial charge in [0.05, 0.1) is 26.9 Å². The van der Waals surface area contributed by atoms with Crippen LogP contribution in [0.3, 0.4) is 0 Å². The quantitative estimate of drug-likeness (QED) is 0.426. The van der Waals surface area contributed by atoms with Crippen molar-refractivity contribution >= 4 is 23.6 Å². The lowest BCUT2D eigenvalue weighted by Crippen LogP contribution is -2.10. The zero-order valence-corrected chi connectivity index (χ0v) is 22.0. The topological polar surface area (TPSA) is 117 Å². The molecule has 6 bridgehead atoms. The van der Waals surface area contributed by atoms with Crippen LogP contribution in [-0.2, 0) is 11.3 Å². The molecule has 0 amide bonds. The molecule has 0 atom stereocenters. The first-order valence-corrected chi connectivity index (χ1v) is 13.1. The molecule has 0 aliphatic carbocycles. The van der Waals surface area contributed by atoms with E-state index in [9.17, 15) is 4.79 Å². The number of carbonyl (C=O) groups excluding carboxylic acids is 1. The first kappa shape index (κ1) is 27.0. The Morgan fingerprint density at radius 3 is 2.34 bits per heavy atom. The third-order valence-corrected chi connectivity index (χ3v) is 5.97. The largest absolute Gasteiger partial charge is 0.494 e. The maximum atomic E-state index is 12.3. The second-order valence-corrected chi connectivity index (χ2v) is 8.84. The molecule has 0 fully saturated rings. The lowest BCUT2D eigenvalue weighted by molar-refractivity contribution is 0.0596. The van der Waals surface area contributed by atoms with Crippen LogP contribution in [-0.4, -0.2) is 47.9 Å². The van der Waals surface area contributed by atoms with Gasteiger partial charge < -0.3 is 29.6 Å². The van der Waals surface area contributed by atoms with Crippen molar-refractivity contribution in [1.29, 1.82) is 0 Å². The number of methoxy groups -OCH3 is 1. The highest BCUT2D eigenvalue weighted by molar-refractivity contribution is 5.93. The van der Waals surface area contributed by atoms with Gasteiger partial charge in [-0.2, -0.15) is 15.0 Å². The molecule has 0 saturated carbocycles. The van der Waals surface area contributed by atoms with Gasteiger partial charge in [-0.05, 0) is 49.6 Å². The highest BCUT2D eigenvalue weighted by Gasteiger charge is 2.15. The fraction of sp³-hybridized carbons (Fsp3) is 0.429. The summed E-state index contributed by atoms with van der Waals surface area (Å²) in [6.45, 7) is 4.00. The Bertz CT molecular complexity index is 1190. The molecule has 0 spiro atoms. The van der Waals surface area contributed by atoms with Crippen LogP contribution < -0.4 is 24.8 Å². The van der Waals surface area contributed by atoms with Gasteiger partial charge in [0.15, 0.2) is 0 Å². The van der Waals surface area contributed by atoms with Crippen molar-refractivity contribution in [2.24, 2.45) is 0 Å². The Labute approximate surface area is 223 Å². The molecule has 10 heteroatoms. The molecular formula is C28H35N5O5. The van der Waals surface area contributed by atoms with Crippen LogP contribution in [0, 0.1) is 0 Å². The monoisotopic (exact) mass is 521 g/mol. The molecule has 3 heterocycles. The molecule has 0 unspecified atom stereocenters. The van der Waals surface area contributed by atoms with Gasteiger partial charge in [0.25, 0.3) is 0 Å². The van der Waals surface area contributed by atoms with Gasteiger partial charge in [-0.25, -0.2) is 4.79 Å². The standard InChI is InChI=1S/C28H35N5O5/c1-3-36-28-32-26-29-19-20-10-13-22(14-11-20)37-16-8-6-4-5-7-9-17-38-24-18-21(30-27(31-26)33-28)12-15-23(24)25(34)35-2/h10-15,18H,3-9,16-17,19H2,1-2H3,(H2,29,30,31,32,33). The Balaban J connectivity index is 1.58. The van der Waals surface area contributed by atoms with Gasteiger partial charge in [0, 0.05) is 18.3 Å². The molecule has 2 aliphatic heterocycles. The molecule has 1 aromatic heterocycles. The number of ether oxygens (including phenoxy) is 4. The second-order valence-electron chi connectivity index (χ2n) is 8.84. The summed E-state index contributed by atoms with van der Waals surface area (Å²) < 4.78 is 22.4. The van der Waals surface area contributed by atoms with E-state index in [-0.39, 0.29) is 6.01 Å². The van der Waals surface area contributed by atoms with Crippen LogP contribution >= 0.6 is 0 Å². The van der Waals surface area contributed by atoms with E-state index in [0.717, 1.165) is 49.8 Å². The summed E-state index contributed by atoms with van der Waals surface area (Å²) in [6.07, 6.45) is 6.36. The minimum atomic E-state index is -0.454. The van der Waals surface area contributed by atoms with E-state index >= 15 is 0 Å². The highest BCUT2D eigenvalue weighted by Crippen LogP contribution is 2.27. The van der Waals surface area contributed by atoms with Crippen molar-refractivity contribution in [3.05, 3.63) is 53.6 Å². The molecule has 2 N–H and O–H groups in total. The van der Waals surface area contributed by atoms with Crippen molar-refractivity contribution in [2.45, 2.75) is 52.0 Å². The number of nitrogens with one attached hydrogen (secondary N) is 2. The van der Waals surface area contributed by atoms with Crippen LogP contribution in [0.25, 0.3) is 0 Å². The smallest absolute Gasteiger partial charge is 0.341 e. The third-order valence-electron chi connectivity index (χ3n) is 5.97. The summed E-state index contributed by atoms with van der Waals surface area (Å²) in [4.78, 5) is 25.5. The summed E-state index contributed by atoms with van der Waals surface area (Å²) in [5.74, 6) is 1.52. The van der Waals surface area contributed by atoms with Gasteiger partial charge >= 0.3 is 12.0 Å². The minimum absolute atomic E-state index is 0.199. The summed E-state index contributed by atoms with van der Waals surface area (Å²) in [6, 6.07) is 13.4. The molecule has 5 rings (SSSR count). The summed E-state index contributed by atoms with van der Waals surface area (Å²) >= 11 is 0. The van der Waals surface area contributed by atoms with Gasteiger partial charge in [-0.15, -0.1) is 0 Å². The van der Waals surface area contributed by atoms with E-state index < -0.39 is 5.97 Å². The SMILES string of the molecule is CCOc1nc2nc(n1)Nc1ccc(C(=O)OC)c(c1)OCCCCCCCCOc1ccc(cc1)CN2. The molecule has 10 nitrogen and oxygen atoms in total. The van der Waals surface area contributed by atoms with Gasteiger partial charge in [0.2, 0.25) is 11.9 Å². The van der Waals surface area contributed by atoms with E-state index in [2.05, 4.69) is 25.6 Å². The maximum absolute atomic E-state index is 12.3. The number of carbonyl (C=O) groups is 1. The number of anilines is 3. The van der Waals surface area contributed by atoms with Crippen molar-refractivity contribution in [2.75, 3.05) is 37.6 Å². The summed E-state index contributed by atoms with van der Waals surface area (Å²) in [5, 5.41) is 6.41. The van der Waals surface area contributed by atoms with Crippen molar-refractivity contribution in [1.82, 2.24) is 15.0 Å². The van der Waals surface area contributed by atoms with E-state index in [1.54, 1.807) is 18.2 Å². The Morgan fingerprint density at radius 1 is 0.895 bits per heavy atom. The van der Waals surface area contributed by atoms with E-state index in [4.69, 9.17) is 18.9 Å². The fourth-order valence-electron chi connectivity index (χ4n) is 3.98. The van der Waals surface area contributed by atoms with Crippen LogP contribution in [0.1, 0.15) is 61.4 Å². The van der Waals surface area contributed by atoms with E-state index in [1.165, 1.54) is 7.11 Å². The van der Waals surface area contributed by atoms with E-state index in [0.29, 0.717) is 55.3 Å². The highest BCUT2D eigenvalue weighted by atomic mass is 16.5. The summed E-state index contributed by atoms with van der Waals surface area (Å²) in [5.41, 5.74) is 2.08. The molecule has 202 valence electrons. The molecule has 0 saturated heterocycles. The zero-order chi connectivity index (χ0) is 26.6. The average molecular weight is 522 g/mol. The molecule has 2 aliphatic rings. The van der Waals surface area contributed by atoms with Crippen LogP contribution in [0.5, 0.6) is 17.5 Å². The number of esters is 1. The number of fused-ring (bicyclic) bond motifs is 12. The molecule has 2 aromatic carbocycles. The Morgan fingerprint density at radius 2 is 1.61 bits per heavy atom. The third kappa shape index (κ3) is 7.96. The molecule has 3 aromatic rings. The van der Waals surface area contributed by atoms with Crippen molar-refractivity contribution < 1.29 is 23.7 Å². The Hall–Kier alpha value is -4.08. The lowest BCUT2D eigenvalue weighted by atomic mass is 10.1. The average Bonchev–Trinajstić information content (AvgIpc) is 2.93. The first-order valence-electron chi connectivity index (χ1n) is 13.1. The van der Waals surface area contributed by atoms with Crippen LogP contribution in [0.4, 0.5) is 17.6 Å². The molecule has 38 heavy (non-hydrogen) atoms. The number of nitrogens with zero attached hydrogens (tertiary/aromatic N) is 3. The van der Waals surface area contributed by atoms with Crippen molar-refractivity contribution in [3.63, 3.8) is 0 Å². The number of rotatable bonds is 3. The molecular weight excluding hydrogens is 486 g/mol. The normalized spacial score (nSPS) is 14.7. The van der Waals surface area contributed by atoms with Gasteiger partial charge in [-0.3, -0.25) is 0 Å². The van der Waals surface area contributed by atoms with Gasteiger partial charge in [-0.1, -0.05) is 37.8 Å².